The van der Waals surface area contributed by atoms with Gasteiger partial charge in [0.2, 0.25) is 0 Å². The molecule has 0 saturated heterocycles. The second-order valence-electron chi connectivity index (χ2n) is 5.84. The van der Waals surface area contributed by atoms with Gasteiger partial charge in [0, 0.05) is 20.8 Å². The third kappa shape index (κ3) is 5.73. The van der Waals surface area contributed by atoms with Gasteiger partial charge in [-0.25, -0.2) is 0 Å². The number of thioether (sulfide) groups is 1. The van der Waals surface area contributed by atoms with E-state index in [0.29, 0.717) is 6.07 Å². The van der Waals surface area contributed by atoms with Crippen molar-refractivity contribution in [3.8, 4) is 6.07 Å². The Morgan fingerprint density at radius 3 is 2.44 bits per heavy atom. The molecule has 0 bridgehead atoms. The number of carbonyl (C=O) groups is 1. The topological polar surface area (TPSA) is 73.1 Å². The molecule has 1 atom stereocenters. The van der Waals surface area contributed by atoms with Crippen LogP contribution in [0.1, 0.15) is 18.1 Å². The van der Waals surface area contributed by atoms with Crippen LogP contribution in [0.25, 0.3) is 0 Å². The normalized spacial score (nSPS) is 13.5. The summed E-state index contributed by atoms with van der Waals surface area (Å²) in [5.41, 5.74) is -3.66. The fourth-order valence-electron chi connectivity index (χ4n) is 2.04. The van der Waals surface area contributed by atoms with Crippen molar-refractivity contribution in [1.29, 1.82) is 5.26 Å². The van der Waals surface area contributed by atoms with E-state index in [1.165, 1.54) is 30.8 Å². The Bertz CT molecular complexity index is 878. The molecule has 0 radical (unpaired) electrons. The van der Waals surface area contributed by atoms with Gasteiger partial charge in [-0.1, -0.05) is 15.9 Å². The molecule has 4 nitrogen and oxygen atoms in total. The molecule has 0 saturated carbocycles. The first-order valence-electron chi connectivity index (χ1n) is 7.56. The Morgan fingerprint density at radius 1 is 1.26 bits per heavy atom. The van der Waals surface area contributed by atoms with E-state index >= 15 is 0 Å². The number of nitrogens with zero attached hydrogens (tertiary/aromatic N) is 1. The number of carbonyl (C=O) groups excluding carboxylic acids is 1. The summed E-state index contributed by atoms with van der Waals surface area (Å²) in [6, 6.07) is 11.5. The fourth-order valence-corrected chi connectivity index (χ4v) is 3.21. The number of nitrogens with one attached hydrogen (secondary N) is 1. The van der Waals surface area contributed by atoms with Gasteiger partial charge >= 0.3 is 6.18 Å². The van der Waals surface area contributed by atoms with Crippen molar-refractivity contribution in [1.82, 2.24) is 0 Å². The number of halogens is 4. The highest BCUT2D eigenvalue weighted by Crippen LogP contribution is 2.34. The van der Waals surface area contributed by atoms with Gasteiger partial charge < -0.3 is 10.4 Å². The molecule has 27 heavy (non-hydrogen) atoms. The van der Waals surface area contributed by atoms with Crippen LogP contribution in [0.5, 0.6) is 0 Å². The second-order valence-corrected chi connectivity index (χ2v) is 7.80. The van der Waals surface area contributed by atoms with Gasteiger partial charge in [-0.3, -0.25) is 4.79 Å². The van der Waals surface area contributed by atoms with Crippen LogP contribution in [0.3, 0.4) is 0 Å². The van der Waals surface area contributed by atoms with E-state index in [2.05, 4.69) is 21.2 Å². The lowest BCUT2D eigenvalue weighted by molar-refractivity contribution is -0.137. The molecule has 2 aromatic rings. The standard InChI is InChI=1S/C18H14BrF3N2O2S/c1-17(26,10-27-14-6-3-12(19)4-7-14)16(25)24-13-5-2-11(9-23)15(8-13)18(20,21)22/h2-8,26H,10H2,1H3,(H,24,25)/i19-4. The lowest BCUT2D eigenvalue weighted by Gasteiger charge is -2.22. The summed E-state index contributed by atoms with van der Waals surface area (Å²) in [6.45, 7) is 1.28. The molecule has 1 unspecified atom stereocenters. The molecule has 0 fully saturated rings. The molecular formula is C18H14BrF3N2O2S. The number of hydrogen-bond acceptors (Lipinski definition) is 4. The molecule has 0 aliphatic carbocycles. The zero-order valence-corrected chi connectivity index (χ0v) is 16.4. The van der Waals surface area contributed by atoms with Crippen LogP contribution in [-0.2, 0) is 11.0 Å². The molecule has 9 heteroatoms. The Morgan fingerprint density at radius 2 is 1.89 bits per heavy atom. The maximum absolute atomic E-state index is 13.0. The Kier molecular flexibility index (Phi) is 6.57. The van der Waals surface area contributed by atoms with Crippen LogP contribution < -0.4 is 5.32 Å². The van der Waals surface area contributed by atoms with Crippen molar-refractivity contribution in [2.75, 3.05) is 11.1 Å². The lowest BCUT2D eigenvalue weighted by Crippen LogP contribution is -2.42. The third-order valence-corrected chi connectivity index (χ3v) is 5.37. The zero-order valence-electron chi connectivity index (χ0n) is 14.0. The molecule has 142 valence electrons. The van der Waals surface area contributed by atoms with E-state index in [4.69, 9.17) is 5.26 Å². The molecule has 0 aromatic heterocycles. The predicted octanol–water partition coefficient (Wildman–Crippen LogP) is 4.82. The van der Waals surface area contributed by atoms with Gasteiger partial charge in [-0.2, -0.15) is 18.4 Å². The van der Waals surface area contributed by atoms with E-state index in [1.807, 2.05) is 12.1 Å². The van der Waals surface area contributed by atoms with Crippen molar-refractivity contribution >= 4 is 39.3 Å². The minimum atomic E-state index is -4.73. The van der Waals surface area contributed by atoms with E-state index in [0.717, 1.165) is 15.4 Å². The largest absolute Gasteiger partial charge is 0.417 e. The first-order valence-corrected chi connectivity index (χ1v) is 9.34. The van der Waals surface area contributed by atoms with Crippen molar-refractivity contribution < 1.29 is 23.1 Å². The van der Waals surface area contributed by atoms with Gasteiger partial charge in [-0.15, -0.1) is 11.8 Å². The first-order chi connectivity index (χ1) is 12.5. The van der Waals surface area contributed by atoms with Gasteiger partial charge in [0.1, 0.15) is 5.60 Å². The van der Waals surface area contributed by atoms with E-state index in [9.17, 15) is 23.1 Å². The predicted molar refractivity (Wildman–Crippen MR) is 100 cm³/mol. The van der Waals surface area contributed by atoms with Crippen LogP contribution in [0.4, 0.5) is 18.9 Å². The summed E-state index contributed by atoms with van der Waals surface area (Å²) < 4.78 is 39.9. The molecule has 2 aromatic carbocycles. The highest BCUT2D eigenvalue weighted by Gasteiger charge is 2.35. The molecule has 2 rings (SSSR count). The second kappa shape index (κ2) is 8.33. The third-order valence-electron chi connectivity index (χ3n) is 3.53. The van der Waals surface area contributed by atoms with Crippen LogP contribution in [0.2, 0.25) is 0 Å². The molecule has 2 N–H and O–H groups in total. The number of alkyl halides is 3. The number of nitriles is 1. The number of benzene rings is 2. The minimum Gasteiger partial charge on any atom is -0.379 e. The summed E-state index contributed by atoms with van der Waals surface area (Å²) in [5, 5.41) is 21.4. The quantitative estimate of drug-likeness (QED) is 0.635. The molecule has 0 aliphatic heterocycles. The van der Waals surface area contributed by atoms with Crippen molar-refractivity contribution in [2.45, 2.75) is 23.6 Å². The average molecular weight is 455 g/mol. The van der Waals surface area contributed by atoms with Crippen LogP contribution >= 0.6 is 27.7 Å². The van der Waals surface area contributed by atoms with E-state index in [-0.39, 0.29) is 11.4 Å². The van der Waals surface area contributed by atoms with E-state index < -0.39 is 28.8 Å². The van der Waals surface area contributed by atoms with Crippen molar-refractivity contribution in [2.24, 2.45) is 0 Å². The summed E-state index contributed by atoms with van der Waals surface area (Å²) in [7, 11) is 0. The number of amides is 1. The van der Waals surface area contributed by atoms with Gasteiger partial charge in [0.05, 0.1) is 17.2 Å². The van der Waals surface area contributed by atoms with Gasteiger partial charge in [-0.05, 0) is 49.4 Å². The SMILES string of the molecule is CC(O)(CSc1ccc([76Br])cc1)C(=O)Nc1ccc(C#N)c(C(F)(F)F)c1. The first kappa shape index (κ1) is 21.3. The van der Waals surface area contributed by atoms with Crippen molar-refractivity contribution in [3.05, 3.63) is 58.1 Å². The minimum absolute atomic E-state index is 0.00285. The maximum atomic E-state index is 13.0. The monoisotopic (exact) mass is 455 g/mol. The Balaban J connectivity index is 2.11. The van der Waals surface area contributed by atoms with Crippen LogP contribution in [0.15, 0.2) is 51.8 Å². The van der Waals surface area contributed by atoms with Crippen LogP contribution in [0, 0.1) is 11.3 Å². The number of rotatable bonds is 5. The molecule has 0 spiro atoms. The molecular weight excluding hydrogens is 441 g/mol. The van der Waals surface area contributed by atoms with E-state index in [1.54, 1.807) is 12.1 Å². The summed E-state index contributed by atoms with van der Waals surface area (Å²) in [4.78, 5) is 13.1. The fraction of sp³-hybridized carbons (Fsp3) is 0.222. The van der Waals surface area contributed by atoms with Crippen LogP contribution in [-0.4, -0.2) is 22.4 Å². The highest BCUT2D eigenvalue weighted by atomic mass is 75.9. The molecule has 1 amide bonds. The maximum Gasteiger partial charge on any atom is 0.417 e. The average Bonchev–Trinajstić information content (AvgIpc) is 2.60. The Hall–Kier alpha value is -2.02. The molecule has 0 aliphatic rings. The van der Waals surface area contributed by atoms with Gasteiger partial charge in [0.15, 0.2) is 0 Å². The number of aliphatic hydroxyl groups is 1. The summed E-state index contributed by atoms with van der Waals surface area (Å²) >= 11 is 4.54. The zero-order chi connectivity index (χ0) is 20.2. The molecule has 0 heterocycles. The number of anilines is 1. The summed E-state index contributed by atoms with van der Waals surface area (Å²) in [6.07, 6.45) is -4.73. The van der Waals surface area contributed by atoms with Gasteiger partial charge in [0.25, 0.3) is 5.91 Å². The number of hydrogen-bond donors (Lipinski definition) is 2. The highest BCUT2D eigenvalue weighted by molar-refractivity contribution is 9.10. The Labute approximate surface area is 166 Å². The smallest absolute Gasteiger partial charge is 0.379 e. The lowest BCUT2D eigenvalue weighted by atomic mass is 10.1. The van der Waals surface area contributed by atoms with Crippen molar-refractivity contribution in [3.63, 3.8) is 0 Å². The summed E-state index contributed by atoms with van der Waals surface area (Å²) in [5.74, 6) is -0.840.